The predicted molar refractivity (Wildman–Crippen MR) is 60.4 cm³/mol. The summed E-state index contributed by atoms with van der Waals surface area (Å²) in [6.45, 7) is 12.0. The maximum absolute atomic E-state index is 9.63. The number of ether oxygens (including phenoxy) is 1. The average Bonchev–Trinajstić information content (AvgIpc) is 1.94. The molecule has 0 amide bonds. The summed E-state index contributed by atoms with van der Waals surface area (Å²) < 4.78 is 5.40. The van der Waals surface area contributed by atoms with Crippen molar-refractivity contribution in [2.24, 2.45) is 11.3 Å². The van der Waals surface area contributed by atoms with Gasteiger partial charge in [0.15, 0.2) is 0 Å². The molecule has 0 spiro atoms. The second kappa shape index (κ2) is 6.41. The first-order valence-electron chi connectivity index (χ1n) is 5.57. The van der Waals surface area contributed by atoms with Gasteiger partial charge in [-0.05, 0) is 24.2 Å². The quantitative estimate of drug-likeness (QED) is 0.671. The third kappa shape index (κ3) is 10.0. The van der Waals surface area contributed by atoms with Gasteiger partial charge in [0.25, 0.3) is 0 Å². The standard InChI is InChI=1S/C12H26O2/c1-10(2)6-7-14-9-11(13)8-12(3,4)5/h10-11,13H,6-9H2,1-5H3. The summed E-state index contributed by atoms with van der Waals surface area (Å²) in [5.74, 6) is 0.676. The van der Waals surface area contributed by atoms with Crippen LogP contribution in [0.4, 0.5) is 0 Å². The zero-order chi connectivity index (χ0) is 11.2. The first-order chi connectivity index (χ1) is 6.31. The van der Waals surface area contributed by atoms with Gasteiger partial charge in [-0.3, -0.25) is 0 Å². The van der Waals surface area contributed by atoms with Crippen molar-refractivity contribution < 1.29 is 9.84 Å². The van der Waals surface area contributed by atoms with Gasteiger partial charge in [-0.25, -0.2) is 0 Å². The molecule has 86 valence electrons. The molecular formula is C12H26O2. The van der Waals surface area contributed by atoms with E-state index in [0.717, 1.165) is 19.4 Å². The van der Waals surface area contributed by atoms with Crippen molar-refractivity contribution in [3.63, 3.8) is 0 Å². The van der Waals surface area contributed by atoms with E-state index in [4.69, 9.17) is 4.74 Å². The van der Waals surface area contributed by atoms with Crippen molar-refractivity contribution in [2.75, 3.05) is 13.2 Å². The van der Waals surface area contributed by atoms with Crippen LogP contribution in [0.1, 0.15) is 47.5 Å². The molecular weight excluding hydrogens is 176 g/mol. The van der Waals surface area contributed by atoms with E-state index in [0.29, 0.717) is 12.5 Å². The lowest BCUT2D eigenvalue weighted by molar-refractivity contribution is 0.0130. The summed E-state index contributed by atoms with van der Waals surface area (Å²) in [6.07, 6.45) is 1.55. The van der Waals surface area contributed by atoms with Crippen molar-refractivity contribution in [3.8, 4) is 0 Å². The highest BCUT2D eigenvalue weighted by Gasteiger charge is 2.16. The zero-order valence-corrected chi connectivity index (χ0v) is 10.3. The fraction of sp³-hybridized carbons (Fsp3) is 1.00. The van der Waals surface area contributed by atoms with Gasteiger partial charge >= 0.3 is 0 Å². The molecule has 0 aliphatic rings. The highest BCUT2D eigenvalue weighted by atomic mass is 16.5. The molecule has 0 heterocycles. The maximum Gasteiger partial charge on any atom is 0.0778 e. The van der Waals surface area contributed by atoms with E-state index < -0.39 is 0 Å². The van der Waals surface area contributed by atoms with E-state index in [1.54, 1.807) is 0 Å². The van der Waals surface area contributed by atoms with Crippen molar-refractivity contribution in [3.05, 3.63) is 0 Å². The van der Waals surface area contributed by atoms with E-state index >= 15 is 0 Å². The second-order valence-electron chi connectivity index (χ2n) is 5.68. The Morgan fingerprint density at radius 2 is 1.79 bits per heavy atom. The Labute approximate surface area is 88.7 Å². The van der Waals surface area contributed by atoms with Gasteiger partial charge in [0.2, 0.25) is 0 Å². The van der Waals surface area contributed by atoms with Gasteiger partial charge in [-0.1, -0.05) is 34.6 Å². The molecule has 0 bridgehead atoms. The molecule has 1 atom stereocenters. The normalized spacial score (nSPS) is 14.8. The fourth-order valence-corrected chi connectivity index (χ4v) is 1.30. The smallest absolute Gasteiger partial charge is 0.0778 e. The minimum Gasteiger partial charge on any atom is -0.391 e. The minimum absolute atomic E-state index is 0.181. The van der Waals surface area contributed by atoms with Gasteiger partial charge in [0, 0.05) is 6.61 Å². The third-order valence-electron chi connectivity index (χ3n) is 2.00. The molecule has 1 N–H and O–H groups in total. The first kappa shape index (κ1) is 13.9. The van der Waals surface area contributed by atoms with Gasteiger partial charge < -0.3 is 9.84 Å². The van der Waals surface area contributed by atoms with Gasteiger partial charge in [0.05, 0.1) is 12.7 Å². The predicted octanol–water partition coefficient (Wildman–Crippen LogP) is 2.85. The van der Waals surface area contributed by atoms with Crippen LogP contribution in [0.2, 0.25) is 0 Å². The van der Waals surface area contributed by atoms with Crippen LogP contribution in [0.15, 0.2) is 0 Å². The highest BCUT2D eigenvalue weighted by Crippen LogP contribution is 2.20. The molecule has 0 aromatic carbocycles. The molecule has 0 aliphatic carbocycles. The van der Waals surface area contributed by atoms with Crippen LogP contribution in [0.25, 0.3) is 0 Å². The van der Waals surface area contributed by atoms with Gasteiger partial charge in [0.1, 0.15) is 0 Å². The lowest BCUT2D eigenvalue weighted by Gasteiger charge is -2.22. The number of hydrogen-bond acceptors (Lipinski definition) is 2. The summed E-state index contributed by atoms with van der Waals surface area (Å²) >= 11 is 0. The monoisotopic (exact) mass is 202 g/mol. The van der Waals surface area contributed by atoms with Crippen molar-refractivity contribution in [1.29, 1.82) is 0 Å². The maximum atomic E-state index is 9.63. The molecule has 1 unspecified atom stereocenters. The molecule has 0 aromatic rings. The van der Waals surface area contributed by atoms with Crippen LogP contribution in [0.5, 0.6) is 0 Å². The Bertz CT molecular complexity index is 136. The van der Waals surface area contributed by atoms with E-state index in [2.05, 4.69) is 34.6 Å². The van der Waals surface area contributed by atoms with Crippen molar-refractivity contribution >= 4 is 0 Å². The van der Waals surface area contributed by atoms with Crippen molar-refractivity contribution in [2.45, 2.75) is 53.6 Å². The Kier molecular flexibility index (Phi) is 6.38. The minimum atomic E-state index is -0.317. The molecule has 14 heavy (non-hydrogen) atoms. The molecule has 0 aromatic heterocycles. The number of hydrogen-bond donors (Lipinski definition) is 1. The summed E-state index contributed by atoms with van der Waals surface area (Å²) in [7, 11) is 0. The fourth-order valence-electron chi connectivity index (χ4n) is 1.30. The molecule has 0 fully saturated rings. The summed E-state index contributed by atoms with van der Waals surface area (Å²) in [4.78, 5) is 0. The number of aliphatic hydroxyl groups is 1. The van der Waals surface area contributed by atoms with Crippen LogP contribution in [0, 0.1) is 11.3 Å². The molecule has 0 saturated heterocycles. The van der Waals surface area contributed by atoms with Crippen LogP contribution < -0.4 is 0 Å². The van der Waals surface area contributed by atoms with Crippen molar-refractivity contribution in [1.82, 2.24) is 0 Å². The van der Waals surface area contributed by atoms with Crippen LogP contribution in [-0.2, 0) is 4.74 Å². The number of aliphatic hydroxyl groups excluding tert-OH is 1. The average molecular weight is 202 g/mol. The third-order valence-corrected chi connectivity index (χ3v) is 2.00. The molecule has 2 nitrogen and oxygen atoms in total. The van der Waals surface area contributed by atoms with E-state index in [-0.39, 0.29) is 11.5 Å². The Morgan fingerprint density at radius 3 is 2.21 bits per heavy atom. The summed E-state index contributed by atoms with van der Waals surface area (Å²) in [6, 6.07) is 0. The van der Waals surface area contributed by atoms with Crippen LogP contribution >= 0.6 is 0 Å². The SMILES string of the molecule is CC(C)CCOCC(O)CC(C)(C)C. The van der Waals surface area contributed by atoms with Gasteiger partial charge in [-0.15, -0.1) is 0 Å². The Balaban J connectivity index is 3.40. The number of rotatable bonds is 6. The lowest BCUT2D eigenvalue weighted by Crippen LogP contribution is -2.22. The largest absolute Gasteiger partial charge is 0.391 e. The second-order valence-corrected chi connectivity index (χ2v) is 5.68. The Morgan fingerprint density at radius 1 is 1.21 bits per heavy atom. The van der Waals surface area contributed by atoms with Crippen LogP contribution in [0.3, 0.4) is 0 Å². The molecule has 0 rings (SSSR count). The topological polar surface area (TPSA) is 29.5 Å². The van der Waals surface area contributed by atoms with Crippen LogP contribution in [-0.4, -0.2) is 24.4 Å². The molecule has 0 radical (unpaired) electrons. The molecule has 0 saturated carbocycles. The van der Waals surface area contributed by atoms with Gasteiger partial charge in [-0.2, -0.15) is 0 Å². The van der Waals surface area contributed by atoms with E-state index in [1.807, 2.05) is 0 Å². The lowest BCUT2D eigenvalue weighted by atomic mass is 9.89. The summed E-state index contributed by atoms with van der Waals surface area (Å²) in [5, 5.41) is 9.63. The Hall–Kier alpha value is -0.0800. The molecule has 0 aliphatic heterocycles. The van der Waals surface area contributed by atoms with E-state index in [9.17, 15) is 5.11 Å². The molecule has 2 heteroatoms. The summed E-state index contributed by atoms with van der Waals surface area (Å²) in [5.41, 5.74) is 0.181. The zero-order valence-electron chi connectivity index (χ0n) is 10.3. The highest BCUT2D eigenvalue weighted by molar-refractivity contribution is 4.67. The first-order valence-corrected chi connectivity index (χ1v) is 5.57. The van der Waals surface area contributed by atoms with E-state index in [1.165, 1.54) is 0 Å².